The molecule has 0 unspecified atom stereocenters. The Morgan fingerprint density at radius 3 is 2.37 bits per heavy atom. The number of benzene rings is 1. The highest BCUT2D eigenvalue weighted by atomic mass is 16.5. The van der Waals surface area contributed by atoms with Crippen molar-refractivity contribution in [3.63, 3.8) is 0 Å². The maximum atomic E-state index is 11.9. The van der Waals surface area contributed by atoms with Crippen LogP contribution < -0.4 is 10.1 Å². The number of rotatable bonds is 6. The Bertz CT molecular complexity index is 410. The van der Waals surface area contributed by atoms with Crippen molar-refractivity contribution in [3.05, 3.63) is 29.8 Å². The minimum absolute atomic E-state index is 0.103. The molecule has 0 bridgehead atoms. The van der Waals surface area contributed by atoms with Gasteiger partial charge in [-0.25, -0.2) is 0 Å². The van der Waals surface area contributed by atoms with E-state index >= 15 is 0 Å². The van der Waals surface area contributed by atoms with E-state index in [-0.39, 0.29) is 12.5 Å². The Labute approximate surface area is 114 Å². The van der Waals surface area contributed by atoms with E-state index in [9.17, 15) is 4.79 Å². The van der Waals surface area contributed by atoms with Crippen molar-refractivity contribution in [2.75, 3.05) is 13.2 Å². The topological polar surface area (TPSA) is 58.6 Å². The van der Waals surface area contributed by atoms with Crippen molar-refractivity contribution in [2.24, 2.45) is 5.92 Å². The number of aliphatic hydroxyl groups is 1. The Morgan fingerprint density at radius 1 is 1.32 bits per heavy atom. The van der Waals surface area contributed by atoms with Crippen LogP contribution in [-0.4, -0.2) is 29.8 Å². The van der Waals surface area contributed by atoms with E-state index in [1.54, 1.807) is 38.1 Å². The van der Waals surface area contributed by atoms with E-state index in [4.69, 9.17) is 9.84 Å². The normalized spacial score (nSPS) is 11.5. The van der Waals surface area contributed by atoms with Gasteiger partial charge in [0.2, 0.25) is 0 Å². The van der Waals surface area contributed by atoms with Gasteiger partial charge in [-0.3, -0.25) is 4.79 Å². The van der Waals surface area contributed by atoms with Crippen molar-refractivity contribution in [1.82, 2.24) is 5.32 Å². The van der Waals surface area contributed by atoms with E-state index in [1.165, 1.54) is 0 Å². The summed E-state index contributed by atoms with van der Waals surface area (Å²) in [7, 11) is 0. The van der Waals surface area contributed by atoms with Gasteiger partial charge in [0.25, 0.3) is 5.91 Å². The molecule has 1 rings (SSSR count). The molecule has 0 aromatic heterocycles. The van der Waals surface area contributed by atoms with Gasteiger partial charge >= 0.3 is 0 Å². The van der Waals surface area contributed by atoms with E-state index in [0.29, 0.717) is 18.1 Å². The monoisotopic (exact) mass is 265 g/mol. The second-order valence-corrected chi connectivity index (χ2v) is 5.73. The molecule has 1 aromatic rings. The van der Waals surface area contributed by atoms with Gasteiger partial charge in [-0.1, -0.05) is 13.8 Å². The number of ether oxygens (including phenoxy) is 1. The van der Waals surface area contributed by atoms with E-state index in [1.807, 2.05) is 0 Å². The lowest BCUT2D eigenvalue weighted by atomic mass is 10.1. The molecule has 4 nitrogen and oxygen atoms in total. The first-order valence-electron chi connectivity index (χ1n) is 6.50. The number of hydrogen-bond donors (Lipinski definition) is 2. The van der Waals surface area contributed by atoms with Crippen LogP contribution >= 0.6 is 0 Å². The predicted octanol–water partition coefficient (Wildman–Crippen LogP) is 2.22. The Balaban J connectivity index is 2.63. The van der Waals surface area contributed by atoms with Crippen molar-refractivity contribution < 1.29 is 14.6 Å². The van der Waals surface area contributed by atoms with Crippen LogP contribution in [0.5, 0.6) is 5.75 Å². The Kier molecular flexibility index (Phi) is 5.36. The molecule has 1 aromatic carbocycles. The highest BCUT2D eigenvalue weighted by molar-refractivity contribution is 5.94. The summed E-state index contributed by atoms with van der Waals surface area (Å²) in [6, 6.07) is 7.00. The van der Waals surface area contributed by atoms with Gasteiger partial charge in [0.1, 0.15) is 5.75 Å². The number of carbonyl (C=O) groups is 1. The molecule has 0 spiro atoms. The van der Waals surface area contributed by atoms with Gasteiger partial charge in [0, 0.05) is 5.56 Å². The summed E-state index contributed by atoms with van der Waals surface area (Å²) in [6.45, 7) is 8.25. The minimum Gasteiger partial charge on any atom is -0.493 e. The second-order valence-electron chi connectivity index (χ2n) is 5.73. The molecule has 106 valence electrons. The van der Waals surface area contributed by atoms with Gasteiger partial charge in [0.15, 0.2) is 0 Å². The van der Waals surface area contributed by atoms with Crippen molar-refractivity contribution in [3.8, 4) is 5.75 Å². The van der Waals surface area contributed by atoms with Crippen LogP contribution in [0.4, 0.5) is 0 Å². The molecule has 0 radical (unpaired) electrons. The Hall–Kier alpha value is -1.55. The molecule has 0 fully saturated rings. The summed E-state index contributed by atoms with van der Waals surface area (Å²) < 4.78 is 5.55. The first-order valence-corrected chi connectivity index (χ1v) is 6.50. The number of amides is 1. The molecular weight excluding hydrogens is 242 g/mol. The van der Waals surface area contributed by atoms with Gasteiger partial charge in [-0.2, -0.15) is 0 Å². The van der Waals surface area contributed by atoms with E-state index in [0.717, 1.165) is 5.75 Å². The van der Waals surface area contributed by atoms with Gasteiger partial charge < -0.3 is 15.2 Å². The van der Waals surface area contributed by atoms with Crippen LogP contribution in [0, 0.1) is 5.92 Å². The number of carbonyl (C=O) groups excluding carboxylic acids is 1. The molecule has 0 aliphatic rings. The smallest absolute Gasteiger partial charge is 0.251 e. The number of aliphatic hydroxyl groups excluding tert-OH is 1. The zero-order valence-electron chi connectivity index (χ0n) is 12.1. The first-order chi connectivity index (χ1) is 8.84. The van der Waals surface area contributed by atoms with Gasteiger partial charge in [0.05, 0.1) is 18.8 Å². The average molecular weight is 265 g/mol. The average Bonchev–Trinajstić information content (AvgIpc) is 2.36. The maximum Gasteiger partial charge on any atom is 0.251 e. The van der Waals surface area contributed by atoms with Crippen LogP contribution in [0.15, 0.2) is 24.3 Å². The predicted molar refractivity (Wildman–Crippen MR) is 75.4 cm³/mol. The number of nitrogens with one attached hydrogen (secondary N) is 1. The lowest BCUT2D eigenvalue weighted by Gasteiger charge is -2.23. The van der Waals surface area contributed by atoms with Crippen LogP contribution in [0.1, 0.15) is 38.1 Å². The van der Waals surface area contributed by atoms with Crippen molar-refractivity contribution in [1.29, 1.82) is 0 Å². The quantitative estimate of drug-likeness (QED) is 0.829. The summed E-state index contributed by atoms with van der Waals surface area (Å²) in [5, 5.41) is 11.9. The summed E-state index contributed by atoms with van der Waals surface area (Å²) >= 11 is 0. The summed E-state index contributed by atoms with van der Waals surface area (Å²) in [6.07, 6.45) is 0. The van der Waals surface area contributed by atoms with E-state index < -0.39 is 5.54 Å². The third-order valence-electron chi connectivity index (χ3n) is 2.55. The third-order valence-corrected chi connectivity index (χ3v) is 2.55. The van der Waals surface area contributed by atoms with Gasteiger partial charge in [-0.15, -0.1) is 0 Å². The Morgan fingerprint density at radius 2 is 1.89 bits per heavy atom. The molecule has 4 heteroatoms. The van der Waals surface area contributed by atoms with Crippen LogP contribution in [0.3, 0.4) is 0 Å². The molecule has 0 aliphatic heterocycles. The SMILES string of the molecule is CC(C)COc1ccc(C(=O)NC(C)(C)CO)cc1. The third kappa shape index (κ3) is 5.30. The van der Waals surface area contributed by atoms with Crippen LogP contribution in [0.2, 0.25) is 0 Å². The van der Waals surface area contributed by atoms with Gasteiger partial charge in [-0.05, 0) is 44.0 Å². The number of hydrogen-bond acceptors (Lipinski definition) is 3. The lowest BCUT2D eigenvalue weighted by molar-refractivity contribution is 0.0869. The summed E-state index contributed by atoms with van der Waals surface area (Å²) in [5.41, 5.74) is -0.0670. The van der Waals surface area contributed by atoms with Crippen molar-refractivity contribution >= 4 is 5.91 Å². The van der Waals surface area contributed by atoms with Crippen molar-refractivity contribution in [2.45, 2.75) is 33.2 Å². The molecule has 19 heavy (non-hydrogen) atoms. The van der Waals surface area contributed by atoms with Crippen LogP contribution in [0.25, 0.3) is 0 Å². The highest BCUT2D eigenvalue weighted by Crippen LogP contribution is 2.14. The molecule has 1 amide bonds. The second kappa shape index (κ2) is 6.57. The molecule has 0 atom stereocenters. The fraction of sp³-hybridized carbons (Fsp3) is 0.533. The molecule has 0 saturated heterocycles. The molecule has 0 aliphatic carbocycles. The molecular formula is C15H23NO3. The maximum absolute atomic E-state index is 11.9. The van der Waals surface area contributed by atoms with Crippen LogP contribution in [-0.2, 0) is 0 Å². The fourth-order valence-corrected chi connectivity index (χ4v) is 1.38. The zero-order valence-corrected chi connectivity index (χ0v) is 12.1. The molecule has 0 heterocycles. The molecule has 0 saturated carbocycles. The summed E-state index contributed by atoms with van der Waals surface area (Å²) in [4.78, 5) is 11.9. The fourth-order valence-electron chi connectivity index (χ4n) is 1.38. The minimum atomic E-state index is -0.621. The zero-order chi connectivity index (χ0) is 14.5. The summed E-state index contributed by atoms with van der Waals surface area (Å²) in [5.74, 6) is 1.02. The standard InChI is InChI=1S/C15H23NO3/c1-11(2)9-19-13-7-5-12(6-8-13)14(18)16-15(3,4)10-17/h5-8,11,17H,9-10H2,1-4H3,(H,16,18). The van der Waals surface area contributed by atoms with E-state index in [2.05, 4.69) is 19.2 Å². The highest BCUT2D eigenvalue weighted by Gasteiger charge is 2.19. The molecule has 2 N–H and O–H groups in total. The lowest BCUT2D eigenvalue weighted by Crippen LogP contribution is -2.46. The largest absolute Gasteiger partial charge is 0.493 e. The first kappa shape index (κ1) is 15.5.